The summed E-state index contributed by atoms with van der Waals surface area (Å²) in [5.74, 6) is -1.07. The van der Waals surface area contributed by atoms with E-state index in [-0.39, 0.29) is 18.6 Å². The number of carbonyl (C=O) groups is 2. The molecule has 0 heterocycles. The zero-order valence-electron chi connectivity index (χ0n) is 5.59. The summed E-state index contributed by atoms with van der Waals surface area (Å²) < 4.78 is 0. The Bertz CT molecular complexity index is 156. The highest BCUT2D eigenvalue weighted by atomic mass is 32.1. The second-order valence-electron chi connectivity index (χ2n) is 1.99. The van der Waals surface area contributed by atoms with Crippen molar-refractivity contribution in [1.29, 1.82) is 0 Å². The van der Waals surface area contributed by atoms with Crippen LogP contribution in [0.1, 0.15) is 19.8 Å². The highest BCUT2D eigenvalue weighted by molar-refractivity contribution is 7.80. The Morgan fingerprint density at radius 2 is 1.90 bits per heavy atom. The predicted molar refractivity (Wildman–Crippen MR) is 40.1 cm³/mol. The van der Waals surface area contributed by atoms with Crippen LogP contribution in [-0.4, -0.2) is 21.7 Å². The summed E-state index contributed by atoms with van der Waals surface area (Å²) in [6.07, 6.45) is -0.0868. The fourth-order valence-corrected chi connectivity index (χ4v) is 0.836. The third kappa shape index (κ3) is 5.37. The Kier molecular flexibility index (Phi) is 3.79. The Morgan fingerprint density at radius 1 is 1.40 bits per heavy atom. The third-order valence-electron chi connectivity index (χ3n) is 0.795. The molecule has 0 amide bonds. The number of carboxylic acids is 1. The van der Waals surface area contributed by atoms with Crippen molar-refractivity contribution in [2.75, 3.05) is 0 Å². The fourth-order valence-electron chi connectivity index (χ4n) is 0.509. The lowest BCUT2D eigenvalue weighted by Gasteiger charge is -1.93. The first-order valence-electron chi connectivity index (χ1n) is 2.75. The highest BCUT2D eigenvalue weighted by Crippen LogP contribution is 1.93. The van der Waals surface area contributed by atoms with Crippen LogP contribution in [0, 0.1) is 0 Å². The summed E-state index contributed by atoms with van der Waals surface area (Å²) in [6, 6.07) is 0. The zero-order chi connectivity index (χ0) is 8.15. The monoisotopic (exact) mass is 160 g/mol. The number of ketones is 1. The lowest BCUT2D eigenvalue weighted by molar-refractivity contribution is -0.135. The van der Waals surface area contributed by atoms with E-state index in [9.17, 15) is 9.59 Å². The number of rotatable bonds is 4. The standard InChI is InChI=1S/C6H8O3S/c1-4(7)2-5(10)3-6(8)9/h2-3H2,1H3,(H,8,9). The molecule has 0 fully saturated rings. The van der Waals surface area contributed by atoms with Gasteiger partial charge in [0.15, 0.2) is 0 Å². The SMILES string of the molecule is CC(=O)CC(=S)CC(=O)O. The van der Waals surface area contributed by atoms with Crippen LogP contribution >= 0.6 is 12.2 Å². The Hall–Kier alpha value is -0.770. The predicted octanol–water partition coefficient (Wildman–Crippen LogP) is 0.810. The van der Waals surface area contributed by atoms with Crippen LogP contribution in [0.2, 0.25) is 0 Å². The summed E-state index contributed by atoms with van der Waals surface area (Å²) in [4.78, 5) is 20.6. The number of thiocarbonyl (C=S) groups is 1. The average molecular weight is 160 g/mol. The number of carboxylic acid groups (broad SMARTS) is 1. The first-order valence-corrected chi connectivity index (χ1v) is 3.16. The maximum absolute atomic E-state index is 10.4. The summed E-state index contributed by atoms with van der Waals surface area (Å²) >= 11 is 4.60. The molecule has 0 saturated heterocycles. The maximum Gasteiger partial charge on any atom is 0.308 e. The molecule has 56 valence electrons. The van der Waals surface area contributed by atoms with Crippen LogP contribution in [0.4, 0.5) is 0 Å². The fraction of sp³-hybridized carbons (Fsp3) is 0.500. The lowest BCUT2D eigenvalue weighted by Crippen LogP contribution is -2.07. The van der Waals surface area contributed by atoms with Crippen LogP contribution in [0.25, 0.3) is 0 Å². The number of aliphatic carboxylic acids is 1. The van der Waals surface area contributed by atoms with Crippen molar-refractivity contribution in [2.45, 2.75) is 19.8 Å². The van der Waals surface area contributed by atoms with Crippen molar-refractivity contribution in [3.63, 3.8) is 0 Å². The van der Waals surface area contributed by atoms with E-state index in [1.54, 1.807) is 0 Å². The summed E-state index contributed by atoms with van der Waals surface area (Å²) in [5, 5.41) is 8.20. The van der Waals surface area contributed by atoms with Gasteiger partial charge in [-0.3, -0.25) is 9.59 Å². The van der Waals surface area contributed by atoms with E-state index >= 15 is 0 Å². The van der Waals surface area contributed by atoms with Crippen LogP contribution in [0.15, 0.2) is 0 Å². The number of carbonyl (C=O) groups excluding carboxylic acids is 1. The van der Waals surface area contributed by atoms with Gasteiger partial charge < -0.3 is 5.11 Å². The molecule has 3 nitrogen and oxygen atoms in total. The van der Waals surface area contributed by atoms with Gasteiger partial charge in [0.2, 0.25) is 0 Å². The lowest BCUT2D eigenvalue weighted by atomic mass is 10.2. The molecule has 0 aliphatic carbocycles. The van der Waals surface area contributed by atoms with E-state index in [0.717, 1.165) is 0 Å². The van der Waals surface area contributed by atoms with E-state index in [1.165, 1.54) is 6.92 Å². The van der Waals surface area contributed by atoms with Crippen molar-refractivity contribution in [1.82, 2.24) is 0 Å². The van der Waals surface area contributed by atoms with Crippen LogP contribution in [0.5, 0.6) is 0 Å². The van der Waals surface area contributed by atoms with Crippen LogP contribution in [0.3, 0.4) is 0 Å². The van der Waals surface area contributed by atoms with Crippen LogP contribution in [-0.2, 0) is 9.59 Å². The molecule has 0 aliphatic rings. The van der Waals surface area contributed by atoms with Crippen molar-refractivity contribution in [3.8, 4) is 0 Å². The molecular formula is C6H8O3S. The summed E-state index contributed by atoms with van der Waals surface area (Å²) in [7, 11) is 0. The number of Topliss-reactive ketones (excluding diaryl/α,β-unsaturated/α-hetero) is 1. The van der Waals surface area contributed by atoms with Gasteiger partial charge in [-0.25, -0.2) is 0 Å². The minimum atomic E-state index is -0.980. The molecule has 0 saturated carbocycles. The molecule has 0 rings (SSSR count). The van der Waals surface area contributed by atoms with Gasteiger partial charge in [-0.05, 0) is 6.92 Å². The highest BCUT2D eigenvalue weighted by Gasteiger charge is 2.04. The molecule has 10 heavy (non-hydrogen) atoms. The first-order chi connectivity index (χ1) is 4.52. The molecule has 0 aromatic rings. The van der Waals surface area contributed by atoms with E-state index in [0.29, 0.717) is 4.86 Å². The van der Waals surface area contributed by atoms with Gasteiger partial charge in [0.05, 0.1) is 6.42 Å². The second-order valence-corrected chi connectivity index (χ2v) is 2.57. The van der Waals surface area contributed by atoms with Crippen molar-refractivity contribution in [3.05, 3.63) is 0 Å². The van der Waals surface area contributed by atoms with E-state index in [4.69, 9.17) is 5.11 Å². The van der Waals surface area contributed by atoms with Crippen molar-refractivity contribution >= 4 is 28.8 Å². The summed E-state index contributed by atoms with van der Waals surface area (Å²) in [5.41, 5.74) is 0. The second kappa shape index (κ2) is 4.11. The molecule has 1 N–H and O–H groups in total. The van der Waals surface area contributed by atoms with Gasteiger partial charge >= 0.3 is 5.97 Å². The first kappa shape index (κ1) is 9.23. The Labute approximate surface area is 64.0 Å². The third-order valence-corrected chi connectivity index (χ3v) is 1.08. The summed E-state index contributed by atoms with van der Waals surface area (Å²) in [6.45, 7) is 1.38. The minimum absolute atomic E-state index is 0.0914. The molecule has 4 heteroatoms. The molecule has 0 aromatic carbocycles. The van der Waals surface area contributed by atoms with E-state index in [2.05, 4.69) is 12.2 Å². The smallest absolute Gasteiger partial charge is 0.308 e. The van der Waals surface area contributed by atoms with Gasteiger partial charge in [0.25, 0.3) is 0 Å². The van der Waals surface area contributed by atoms with Gasteiger partial charge in [0, 0.05) is 11.3 Å². The quantitative estimate of drug-likeness (QED) is 0.618. The maximum atomic E-state index is 10.4. The number of hydrogen-bond acceptors (Lipinski definition) is 3. The normalized spacial score (nSPS) is 8.90. The molecule has 0 bridgehead atoms. The molecule has 0 radical (unpaired) electrons. The molecule has 0 spiro atoms. The van der Waals surface area contributed by atoms with Crippen molar-refractivity contribution in [2.24, 2.45) is 0 Å². The van der Waals surface area contributed by atoms with E-state index in [1.807, 2.05) is 0 Å². The molecule has 0 atom stereocenters. The topological polar surface area (TPSA) is 54.4 Å². The Balaban J connectivity index is 3.65. The number of hydrogen-bond donors (Lipinski definition) is 1. The van der Waals surface area contributed by atoms with E-state index < -0.39 is 5.97 Å². The molecular weight excluding hydrogens is 152 g/mol. The van der Waals surface area contributed by atoms with Crippen molar-refractivity contribution < 1.29 is 14.7 Å². The zero-order valence-corrected chi connectivity index (χ0v) is 6.40. The molecule has 0 aliphatic heterocycles. The van der Waals surface area contributed by atoms with Gasteiger partial charge in [-0.15, -0.1) is 0 Å². The largest absolute Gasteiger partial charge is 0.481 e. The van der Waals surface area contributed by atoms with Gasteiger partial charge in [-0.1, -0.05) is 12.2 Å². The average Bonchev–Trinajstić information content (AvgIpc) is 1.58. The van der Waals surface area contributed by atoms with Gasteiger partial charge in [0.1, 0.15) is 5.78 Å². The molecule has 0 aromatic heterocycles. The molecule has 0 unspecified atom stereocenters. The van der Waals surface area contributed by atoms with Gasteiger partial charge in [-0.2, -0.15) is 0 Å². The Morgan fingerprint density at radius 3 is 2.20 bits per heavy atom. The van der Waals surface area contributed by atoms with Crippen LogP contribution < -0.4 is 0 Å². The minimum Gasteiger partial charge on any atom is -0.481 e.